The maximum Gasteiger partial charge on any atom is 0.0914 e. The molecular formula is C14H22BrNO. The van der Waals surface area contributed by atoms with E-state index in [9.17, 15) is 5.11 Å². The first-order valence-corrected chi connectivity index (χ1v) is 6.77. The molecule has 3 heteroatoms. The molecule has 0 amide bonds. The average molecular weight is 300 g/mol. The molecule has 0 saturated carbocycles. The highest BCUT2D eigenvalue weighted by atomic mass is 79.9. The maximum atomic E-state index is 10.1. The molecule has 2 atom stereocenters. The largest absolute Gasteiger partial charge is 0.387 e. The van der Waals surface area contributed by atoms with Gasteiger partial charge in [0, 0.05) is 17.1 Å². The smallest absolute Gasteiger partial charge is 0.0914 e. The molecule has 0 saturated heterocycles. The summed E-state index contributed by atoms with van der Waals surface area (Å²) in [5, 5.41) is 13.5. The van der Waals surface area contributed by atoms with Gasteiger partial charge in [-0.3, -0.25) is 0 Å². The van der Waals surface area contributed by atoms with Crippen molar-refractivity contribution in [3.8, 4) is 0 Å². The van der Waals surface area contributed by atoms with E-state index in [1.165, 1.54) is 0 Å². The van der Waals surface area contributed by atoms with E-state index in [1.54, 1.807) is 0 Å². The van der Waals surface area contributed by atoms with Crippen molar-refractivity contribution in [2.45, 2.75) is 39.8 Å². The zero-order valence-electron chi connectivity index (χ0n) is 11.0. The van der Waals surface area contributed by atoms with Crippen LogP contribution in [0.25, 0.3) is 0 Å². The van der Waals surface area contributed by atoms with Gasteiger partial charge in [0.15, 0.2) is 0 Å². The third-order valence-corrected chi connectivity index (χ3v) is 3.64. The van der Waals surface area contributed by atoms with Gasteiger partial charge < -0.3 is 10.4 Å². The van der Waals surface area contributed by atoms with Crippen LogP contribution in [0.3, 0.4) is 0 Å². The van der Waals surface area contributed by atoms with E-state index in [-0.39, 0.29) is 5.41 Å². The Morgan fingerprint density at radius 2 is 2.00 bits per heavy atom. The van der Waals surface area contributed by atoms with Crippen molar-refractivity contribution >= 4 is 15.9 Å². The molecule has 0 spiro atoms. The van der Waals surface area contributed by atoms with Crippen LogP contribution in [0.2, 0.25) is 0 Å². The third kappa shape index (κ3) is 4.78. The van der Waals surface area contributed by atoms with Gasteiger partial charge in [0.2, 0.25) is 0 Å². The van der Waals surface area contributed by atoms with Crippen molar-refractivity contribution in [1.82, 2.24) is 5.32 Å². The minimum Gasteiger partial charge on any atom is -0.387 e. The Bertz CT molecular complexity index is 359. The van der Waals surface area contributed by atoms with Crippen molar-refractivity contribution in [3.05, 3.63) is 34.3 Å². The number of halogens is 1. The lowest BCUT2D eigenvalue weighted by Gasteiger charge is -2.29. The number of hydrogen-bond acceptors (Lipinski definition) is 2. The lowest BCUT2D eigenvalue weighted by atomic mass is 9.88. The maximum absolute atomic E-state index is 10.1. The van der Waals surface area contributed by atoms with Crippen LogP contribution in [-0.2, 0) is 0 Å². The molecule has 1 aromatic rings. The van der Waals surface area contributed by atoms with Gasteiger partial charge in [0.05, 0.1) is 6.10 Å². The molecule has 1 rings (SSSR count). The van der Waals surface area contributed by atoms with E-state index in [0.717, 1.165) is 10.0 Å². The first kappa shape index (κ1) is 14.7. The van der Waals surface area contributed by atoms with Crippen LogP contribution in [0.1, 0.15) is 39.4 Å². The molecule has 17 heavy (non-hydrogen) atoms. The fourth-order valence-corrected chi connectivity index (χ4v) is 1.84. The summed E-state index contributed by atoms with van der Waals surface area (Å²) >= 11 is 3.41. The van der Waals surface area contributed by atoms with E-state index in [0.29, 0.717) is 12.6 Å². The van der Waals surface area contributed by atoms with Gasteiger partial charge in [0.25, 0.3) is 0 Å². The van der Waals surface area contributed by atoms with Crippen LogP contribution >= 0.6 is 15.9 Å². The fraction of sp³-hybridized carbons (Fsp3) is 0.571. The molecule has 0 fully saturated rings. The monoisotopic (exact) mass is 299 g/mol. The topological polar surface area (TPSA) is 32.3 Å². The van der Waals surface area contributed by atoms with Crippen molar-refractivity contribution < 1.29 is 5.11 Å². The van der Waals surface area contributed by atoms with E-state index >= 15 is 0 Å². The first-order chi connectivity index (χ1) is 7.80. The summed E-state index contributed by atoms with van der Waals surface area (Å²) in [6.45, 7) is 9.30. The molecular weight excluding hydrogens is 278 g/mol. The van der Waals surface area contributed by atoms with Crippen molar-refractivity contribution in [3.63, 3.8) is 0 Å². The second-order valence-corrected chi connectivity index (χ2v) is 6.48. The van der Waals surface area contributed by atoms with Crippen LogP contribution in [0.5, 0.6) is 0 Å². The van der Waals surface area contributed by atoms with Crippen LogP contribution in [0.15, 0.2) is 28.7 Å². The zero-order valence-corrected chi connectivity index (χ0v) is 12.6. The normalized spacial score (nSPS) is 15.6. The lowest BCUT2D eigenvalue weighted by Crippen LogP contribution is -2.39. The molecule has 0 aromatic heterocycles. The molecule has 0 aliphatic carbocycles. The minimum atomic E-state index is -0.461. The van der Waals surface area contributed by atoms with Crippen LogP contribution in [0.4, 0.5) is 0 Å². The van der Waals surface area contributed by atoms with Gasteiger partial charge in [-0.2, -0.15) is 0 Å². The molecule has 0 aliphatic heterocycles. The van der Waals surface area contributed by atoms with E-state index in [1.807, 2.05) is 24.3 Å². The Labute approximate surface area is 113 Å². The summed E-state index contributed by atoms with van der Waals surface area (Å²) in [7, 11) is 0. The van der Waals surface area contributed by atoms with Gasteiger partial charge in [0.1, 0.15) is 0 Å². The van der Waals surface area contributed by atoms with Crippen molar-refractivity contribution in [1.29, 1.82) is 0 Å². The Kier molecular flexibility index (Phi) is 5.17. The highest BCUT2D eigenvalue weighted by Crippen LogP contribution is 2.21. The van der Waals surface area contributed by atoms with E-state index < -0.39 is 6.10 Å². The van der Waals surface area contributed by atoms with E-state index in [2.05, 4.69) is 48.9 Å². The quantitative estimate of drug-likeness (QED) is 0.892. The second-order valence-electron chi connectivity index (χ2n) is 5.57. The van der Waals surface area contributed by atoms with Crippen LogP contribution < -0.4 is 5.32 Å². The van der Waals surface area contributed by atoms with Crippen molar-refractivity contribution in [2.75, 3.05) is 6.54 Å². The molecule has 2 nitrogen and oxygen atoms in total. The number of rotatable bonds is 4. The molecule has 0 aliphatic rings. The summed E-state index contributed by atoms with van der Waals surface area (Å²) in [4.78, 5) is 0. The van der Waals surface area contributed by atoms with Gasteiger partial charge in [-0.1, -0.05) is 48.8 Å². The predicted molar refractivity (Wildman–Crippen MR) is 76.0 cm³/mol. The van der Waals surface area contributed by atoms with Crippen molar-refractivity contribution in [2.24, 2.45) is 5.41 Å². The Morgan fingerprint density at radius 1 is 1.35 bits per heavy atom. The van der Waals surface area contributed by atoms with Gasteiger partial charge in [-0.05, 0) is 30.0 Å². The molecule has 1 aromatic carbocycles. The average Bonchev–Trinajstić information content (AvgIpc) is 2.24. The Balaban J connectivity index is 2.53. The zero-order chi connectivity index (χ0) is 13.1. The molecule has 0 heterocycles. The highest BCUT2D eigenvalue weighted by molar-refractivity contribution is 9.10. The molecule has 96 valence electrons. The molecule has 0 radical (unpaired) electrons. The second kappa shape index (κ2) is 5.98. The minimum absolute atomic E-state index is 0.205. The fourth-order valence-electron chi connectivity index (χ4n) is 1.43. The van der Waals surface area contributed by atoms with E-state index in [4.69, 9.17) is 0 Å². The van der Waals surface area contributed by atoms with Gasteiger partial charge in [-0.25, -0.2) is 0 Å². The summed E-state index contributed by atoms with van der Waals surface area (Å²) in [6, 6.07) is 8.16. The highest BCUT2D eigenvalue weighted by Gasteiger charge is 2.20. The molecule has 0 bridgehead atoms. The summed E-state index contributed by atoms with van der Waals surface area (Å²) < 4.78 is 0.998. The molecule has 2 N–H and O–H groups in total. The number of aliphatic hydroxyl groups is 1. The number of benzene rings is 1. The van der Waals surface area contributed by atoms with Crippen LogP contribution in [-0.4, -0.2) is 17.7 Å². The number of nitrogens with one attached hydrogen (secondary N) is 1. The Morgan fingerprint density at radius 3 is 2.53 bits per heavy atom. The predicted octanol–water partition coefficient (Wildman–Crippen LogP) is 3.51. The third-order valence-electron chi connectivity index (χ3n) is 3.15. The standard InChI is InChI=1S/C14H22BrNO/c1-10(14(2,3)4)16-9-13(17)11-6-5-7-12(15)8-11/h5-8,10,13,16-17H,9H2,1-4H3. The first-order valence-electron chi connectivity index (χ1n) is 5.97. The SMILES string of the molecule is CC(NCC(O)c1cccc(Br)c1)C(C)(C)C. The number of hydrogen-bond donors (Lipinski definition) is 2. The van der Waals surface area contributed by atoms with Gasteiger partial charge in [-0.15, -0.1) is 0 Å². The Hall–Kier alpha value is -0.380. The summed E-state index contributed by atoms with van der Waals surface area (Å²) in [5.74, 6) is 0. The molecule has 2 unspecified atom stereocenters. The number of aliphatic hydroxyl groups excluding tert-OH is 1. The summed E-state index contributed by atoms with van der Waals surface area (Å²) in [6.07, 6.45) is -0.461. The van der Waals surface area contributed by atoms with Gasteiger partial charge >= 0.3 is 0 Å². The van der Waals surface area contributed by atoms with Crippen LogP contribution in [0, 0.1) is 5.41 Å². The lowest BCUT2D eigenvalue weighted by molar-refractivity contribution is 0.158. The summed E-state index contributed by atoms with van der Waals surface area (Å²) in [5.41, 5.74) is 1.14.